The van der Waals surface area contributed by atoms with Gasteiger partial charge in [-0.1, -0.05) is 53.2 Å². The summed E-state index contributed by atoms with van der Waals surface area (Å²) in [6.07, 6.45) is 17.0. The molecule has 0 spiro atoms. The summed E-state index contributed by atoms with van der Waals surface area (Å²) in [6.45, 7) is 17.8. The van der Waals surface area contributed by atoms with Crippen molar-refractivity contribution in [2.24, 2.45) is 56.7 Å². The van der Waals surface area contributed by atoms with Gasteiger partial charge in [-0.3, -0.25) is 0 Å². The van der Waals surface area contributed by atoms with Crippen molar-refractivity contribution in [2.45, 2.75) is 113 Å². The van der Waals surface area contributed by atoms with Crippen molar-refractivity contribution in [1.82, 2.24) is 0 Å². The highest BCUT2D eigenvalue weighted by Gasteiger charge is 2.72. The SMILES string of the molecule is CC1=CCCC2C1(C)CCC1C2(C=O)CCC2(C)C3CCC(C(C)C)C3(C)CCC12C. The van der Waals surface area contributed by atoms with Crippen LogP contribution in [0, 0.1) is 56.7 Å². The standard InChI is InChI=1S/C30H48O/c1-20(2)22-11-12-23-27(22,5)15-16-29(7)25-13-14-26(4)21(3)9-8-10-24(26)30(25,19-31)18-17-28(23,29)6/h9,19-20,22-25H,8,10-18H2,1-7H3. The second kappa shape index (κ2) is 6.73. The van der Waals surface area contributed by atoms with Crippen molar-refractivity contribution in [3.05, 3.63) is 11.6 Å². The van der Waals surface area contributed by atoms with Crippen molar-refractivity contribution in [3.8, 4) is 0 Å². The summed E-state index contributed by atoms with van der Waals surface area (Å²) >= 11 is 0. The summed E-state index contributed by atoms with van der Waals surface area (Å²) in [7, 11) is 0. The van der Waals surface area contributed by atoms with Crippen LogP contribution in [0.5, 0.6) is 0 Å². The maximum Gasteiger partial charge on any atom is 0.126 e. The van der Waals surface area contributed by atoms with Gasteiger partial charge in [-0.25, -0.2) is 0 Å². The van der Waals surface area contributed by atoms with Crippen LogP contribution in [0.25, 0.3) is 0 Å². The molecule has 9 unspecified atom stereocenters. The molecule has 0 radical (unpaired) electrons. The van der Waals surface area contributed by atoms with E-state index in [1.807, 2.05) is 0 Å². The smallest absolute Gasteiger partial charge is 0.126 e. The Bertz CT molecular complexity index is 794. The van der Waals surface area contributed by atoms with Crippen LogP contribution in [0.2, 0.25) is 0 Å². The van der Waals surface area contributed by atoms with Gasteiger partial charge in [-0.2, -0.15) is 0 Å². The summed E-state index contributed by atoms with van der Waals surface area (Å²) in [5.41, 5.74) is 2.97. The Morgan fingerprint density at radius 3 is 2.19 bits per heavy atom. The van der Waals surface area contributed by atoms with E-state index in [9.17, 15) is 4.79 Å². The fourth-order valence-electron chi connectivity index (χ4n) is 11.5. The average molecular weight is 425 g/mol. The van der Waals surface area contributed by atoms with E-state index in [-0.39, 0.29) is 10.8 Å². The van der Waals surface area contributed by atoms with Gasteiger partial charge in [-0.05, 0) is 122 Å². The molecule has 4 fully saturated rings. The Labute approximate surface area is 192 Å². The van der Waals surface area contributed by atoms with Gasteiger partial charge in [0.25, 0.3) is 0 Å². The van der Waals surface area contributed by atoms with Crippen molar-refractivity contribution in [3.63, 3.8) is 0 Å². The first-order valence-electron chi connectivity index (χ1n) is 13.6. The van der Waals surface area contributed by atoms with Crippen molar-refractivity contribution < 1.29 is 4.79 Å². The highest BCUT2D eigenvalue weighted by molar-refractivity contribution is 5.63. The van der Waals surface area contributed by atoms with Crippen molar-refractivity contribution in [2.75, 3.05) is 0 Å². The highest BCUT2D eigenvalue weighted by atomic mass is 16.1. The average Bonchev–Trinajstić information content (AvgIpc) is 3.09. The lowest BCUT2D eigenvalue weighted by molar-refractivity contribution is -0.231. The minimum atomic E-state index is -0.0828. The van der Waals surface area contributed by atoms with E-state index in [1.165, 1.54) is 64.1 Å². The first-order valence-corrected chi connectivity index (χ1v) is 13.6. The maximum absolute atomic E-state index is 13.2. The molecule has 0 heterocycles. The number of hydrogen-bond donors (Lipinski definition) is 0. The molecule has 0 aromatic heterocycles. The second-order valence-electron chi connectivity index (χ2n) is 14.1. The Morgan fingerprint density at radius 1 is 0.839 bits per heavy atom. The number of allylic oxidation sites excluding steroid dienone is 2. The van der Waals surface area contributed by atoms with Crippen LogP contribution < -0.4 is 0 Å². The lowest BCUT2D eigenvalue weighted by Gasteiger charge is -2.72. The summed E-state index contributed by atoms with van der Waals surface area (Å²) in [5, 5.41) is 0. The van der Waals surface area contributed by atoms with Gasteiger partial charge in [0, 0.05) is 5.41 Å². The molecular formula is C30H48O. The number of carbonyl (C=O) groups excluding carboxylic acids is 1. The molecule has 1 heteroatoms. The first kappa shape index (κ1) is 22.2. The molecule has 9 atom stereocenters. The summed E-state index contributed by atoms with van der Waals surface area (Å²) in [4.78, 5) is 13.2. The number of hydrogen-bond acceptors (Lipinski definition) is 1. The van der Waals surface area contributed by atoms with Crippen LogP contribution in [0.15, 0.2) is 11.6 Å². The molecular weight excluding hydrogens is 376 g/mol. The van der Waals surface area contributed by atoms with Crippen LogP contribution in [0.4, 0.5) is 0 Å². The topological polar surface area (TPSA) is 17.1 Å². The van der Waals surface area contributed by atoms with E-state index >= 15 is 0 Å². The summed E-state index contributed by atoms with van der Waals surface area (Å²) < 4.78 is 0. The van der Waals surface area contributed by atoms with Crippen LogP contribution in [0.3, 0.4) is 0 Å². The van der Waals surface area contributed by atoms with Gasteiger partial charge in [0.2, 0.25) is 0 Å². The molecule has 174 valence electrons. The van der Waals surface area contributed by atoms with E-state index in [0.717, 1.165) is 24.2 Å². The fourth-order valence-corrected chi connectivity index (χ4v) is 11.5. The van der Waals surface area contributed by atoms with Gasteiger partial charge in [0.15, 0.2) is 0 Å². The molecule has 1 nitrogen and oxygen atoms in total. The molecule has 0 aromatic carbocycles. The number of fused-ring (bicyclic) bond motifs is 7. The molecule has 5 rings (SSSR count). The van der Waals surface area contributed by atoms with E-state index in [2.05, 4.69) is 54.5 Å². The predicted octanol–water partition coefficient (Wildman–Crippen LogP) is 8.23. The fraction of sp³-hybridized carbons (Fsp3) is 0.900. The molecule has 0 aliphatic heterocycles. The number of rotatable bonds is 2. The predicted molar refractivity (Wildman–Crippen MR) is 130 cm³/mol. The van der Waals surface area contributed by atoms with Crippen LogP contribution >= 0.6 is 0 Å². The van der Waals surface area contributed by atoms with E-state index in [0.29, 0.717) is 28.1 Å². The minimum absolute atomic E-state index is 0.0828. The molecule has 0 bridgehead atoms. The molecule has 5 aliphatic rings. The van der Waals surface area contributed by atoms with Crippen molar-refractivity contribution >= 4 is 6.29 Å². The first-order chi connectivity index (χ1) is 14.5. The Kier molecular flexibility index (Phi) is 4.82. The van der Waals surface area contributed by atoms with Gasteiger partial charge < -0.3 is 4.79 Å². The molecule has 4 saturated carbocycles. The third kappa shape index (κ3) is 2.48. The summed E-state index contributed by atoms with van der Waals surface area (Å²) in [5.74, 6) is 3.67. The normalized spacial score (nSPS) is 56.2. The molecule has 5 aliphatic carbocycles. The van der Waals surface area contributed by atoms with E-state index in [4.69, 9.17) is 0 Å². The minimum Gasteiger partial charge on any atom is -0.303 e. The van der Waals surface area contributed by atoms with Gasteiger partial charge in [0.05, 0.1) is 0 Å². The van der Waals surface area contributed by atoms with E-state index in [1.54, 1.807) is 5.57 Å². The lowest BCUT2D eigenvalue weighted by Crippen LogP contribution is -2.67. The molecule has 0 amide bonds. The molecule has 0 aromatic rings. The zero-order valence-corrected chi connectivity index (χ0v) is 21.5. The van der Waals surface area contributed by atoms with Crippen molar-refractivity contribution in [1.29, 1.82) is 0 Å². The Balaban J connectivity index is 1.57. The Hall–Kier alpha value is -0.590. The second-order valence-corrected chi connectivity index (χ2v) is 14.1. The maximum atomic E-state index is 13.2. The third-order valence-electron chi connectivity index (χ3n) is 13.4. The number of aldehydes is 1. The van der Waals surface area contributed by atoms with E-state index < -0.39 is 0 Å². The highest BCUT2D eigenvalue weighted by Crippen LogP contribution is 2.78. The zero-order chi connectivity index (χ0) is 22.4. The third-order valence-corrected chi connectivity index (χ3v) is 13.4. The lowest BCUT2D eigenvalue weighted by atomic mass is 9.31. The summed E-state index contributed by atoms with van der Waals surface area (Å²) in [6, 6.07) is 0. The van der Waals surface area contributed by atoms with Gasteiger partial charge >= 0.3 is 0 Å². The monoisotopic (exact) mass is 424 g/mol. The largest absolute Gasteiger partial charge is 0.303 e. The molecule has 31 heavy (non-hydrogen) atoms. The van der Waals surface area contributed by atoms with Crippen LogP contribution in [-0.4, -0.2) is 6.29 Å². The zero-order valence-electron chi connectivity index (χ0n) is 21.5. The van der Waals surface area contributed by atoms with Crippen LogP contribution in [0.1, 0.15) is 113 Å². The Morgan fingerprint density at radius 2 is 1.52 bits per heavy atom. The van der Waals surface area contributed by atoms with Gasteiger partial charge in [0.1, 0.15) is 6.29 Å². The molecule has 0 N–H and O–H groups in total. The van der Waals surface area contributed by atoms with Crippen LogP contribution in [-0.2, 0) is 4.79 Å². The molecule has 0 saturated heterocycles. The van der Waals surface area contributed by atoms with Gasteiger partial charge in [-0.15, -0.1) is 0 Å². The quantitative estimate of drug-likeness (QED) is 0.322. The number of carbonyl (C=O) groups is 1.